The molecule has 144 valence electrons. The summed E-state index contributed by atoms with van der Waals surface area (Å²) < 4.78 is 7.55. The van der Waals surface area contributed by atoms with E-state index in [2.05, 4.69) is 25.3 Å². The number of H-pyrrole nitrogens is 1. The van der Waals surface area contributed by atoms with Crippen LogP contribution in [0.2, 0.25) is 0 Å². The van der Waals surface area contributed by atoms with Crippen molar-refractivity contribution in [2.75, 3.05) is 19.6 Å². The van der Waals surface area contributed by atoms with Gasteiger partial charge in [-0.25, -0.2) is 0 Å². The maximum absolute atomic E-state index is 12.1. The zero-order chi connectivity index (χ0) is 18.8. The number of likely N-dealkylation sites (tertiary alicyclic amines) is 1. The van der Waals surface area contributed by atoms with Crippen LogP contribution in [-0.4, -0.2) is 55.6 Å². The first kappa shape index (κ1) is 17.7. The quantitative estimate of drug-likeness (QED) is 0.613. The van der Waals surface area contributed by atoms with Gasteiger partial charge in [-0.2, -0.15) is 10.1 Å². The number of ether oxygens (including phenoxy) is 1. The summed E-state index contributed by atoms with van der Waals surface area (Å²) >= 11 is 0. The zero-order valence-electron chi connectivity index (χ0n) is 15.3. The fourth-order valence-electron chi connectivity index (χ4n) is 3.53. The molecule has 1 saturated heterocycles. The second-order valence-corrected chi connectivity index (χ2v) is 7.04. The molecule has 1 fully saturated rings. The normalized spacial score (nSPS) is 18.7. The fraction of sp³-hybridized carbons (Fsp3) is 0.500. The van der Waals surface area contributed by atoms with Crippen LogP contribution >= 0.6 is 0 Å². The average Bonchev–Trinajstić information content (AvgIpc) is 3.09. The van der Waals surface area contributed by atoms with E-state index < -0.39 is 0 Å². The minimum atomic E-state index is -0.382. The Morgan fingerprint density at radius 2 is 2.22 bits per heavy atom. The lowest BCUT2D eigenvalue weighted by Crippen LogP contribution is -2.46. The van der Waals surface area contributed by atoms with E-state index in [4.69, 9.17) is 4.74 Å². The van der Waals surface area contributed by atoms with Crippen molar-refractivity contribution in [3.8, 4) is 11.8 Å². The van der Waals surface area contributed by atoms with Gasteiger partial charge in [0.15, 0.2) is 5.75 Å². The molecule has 4 rings (SSSR count). The molecule has 4 heterocycles. The van der Waals surface area contributed by atoms with Crippen molar-refractivity contribution in [1.29, 1.82) is 0 Å². The van der Waals surface area contributed by atoms with Crippen molar-refractivity contribution in [2.45, 2.75) is 32.5 Å². The number of nitrogens with one attached hydrogen (secondary N) is 2. The minimum absolute atomic E-state index is 0.150. The Bertz CT molecular complexity index is 972. The van der Waals surface area contributed by atoms with E-state index >= 15 is 0 Å². The first-order valence-corrected chi connectivity index (χ1v) is 9.25. The van der Waals surface area contributed by atoms with E-state index in [0.29, 0.717) is 28.8 Å². The van der Waals surface area contributed by atoms with Gasteiger partial charge in [-0.05, 0) is 25.7 Å². The Balaban J connectivity index is 1.41. The Labute approximate surface area is 156 Å². The van der Waals surface area contributed by atoms with Crippen LogP contribution in [0, 0.1) is 5.92 Å². The lowest BCUT2D eigenvalue weighted by atomic mass is 9.97. The summed E-state index contributed by atoms with van der Waals surface area (Å²) in [6, 6.07) is 0.150. The van der Waals surface area contributed by atoms with E-state index in [0.717, 1.165) is 32.5 Å². The molecule has 2 aromatic rings. The van der Waals surface area contributed by atoms with Crippen molar-refractivity contribution in [2.24, 2.45) is 5.92 Å². The van der Waals surface area contributed by atoms with Crippen molar-refractivity contribution >= 4 is 12.3 Å². The number of aliphatic hydroxyl groups excluding tert-OH is 1. The van der Waals surface area contributed by atoms with Crippen molar-refractivity contribution in [1.82, 2.24) is 30.0 Å². The van der Waals surface area contributed by atoms with Crippen LogP contribution in [-0.2, 0) is 6.54 Å². The number of hydrogen-bond donors (Lipinski definition) is 3. The van der Waals surface area contributed by atoms with E-state index in [1.165, 1.54) is 0 Å². The molecule has 0 bridgehead atoms. The Morgan fingerprint density at radius 3 is 3.00 bits per heavy atom. The van der Waals surface area contributed by atoms with Gasteiger partial charge in [-0.1, -0.05) is 6.08 Å². The van der Waals surface area contributed by atoms with E-state index in [-0.39, 0.29) is 17.8 Å². The monoisotopic (exact) mass is 372 g/mol. The maximum atomic E-state index is 12.1. The molecule has 0 aliphatic carbocycles. The summed E-state index contributed by atoms with van der Waals surface area (Å²) in [7, 11) is 0. The van der Waals surface area contributed by atoms with Crippen LogP contribution in [0.25, 0.3) is 12.3 Å². The van der Waals surface area contributed by atoms with Gasteiger partial charge in [0.05, 0.1) is 23.0 Å². The van der Waals surface area contributed by atoms with Gasteiger partial charge in [-0.3, -0.25) is 19.4 Å². The number of aromatic nitrogens is 4. The molecule has 9 heteroatoms. The Hall–Kier alpha value is -2.65. The molecule has 2 aliphatic rings. The highest BCUT2D eigenvalue weighted by molar-refractivity contribution is 5.35. The third-order valence-electron chi connectivity index (χ3n) is 5.07. The topological polar surface area (TPSA) is 108 Å². The number of aromatic amines is 1. The summed E-state index contributed by atoms with van der Waals surface area (Å²) in [6.45, 7) is 5.02. The van der Waals surface area contributed by atoms with Crippen LogP contribution in [0.4, 0.5) is 0 Å². The smallest absolute Gasteiger partial charge is 0.302 e. The summed E-state index contributed by atoms with van der Waals surface area (Å²) in [6.07, 6.45) is 8.62. The molecule has 2 aliphatic heterocycles. The third kappa shape index (κ3) is 4.04. The van der Waals surface area contributed by atoms with Gasteiger partial charge in [0.2, 0.25) is 0 Å². The average molecular weight is 372 g/mol. The molecule has 0 spiro atoms. The largest absolute Gasteiger partial charge is 0.422 e. The molecule has 1 atom stereocenters. The molecule has 0 aromatic carbocycles. The van der Waals surface area contributed by atoms with Crippen LogP contribution in [0.5, 0.6) is 11.8 Å². The molecular formula is C18H24N6O3. The van der Waals surface area contributed by atoms with Crippen LogP contribution in [0.15, 0.2) is 17.2 Å². The van der Waals surface area contributed by atoms with Gasteiger partial charge in [0.25, 0.3) is 5.56 Å². The van der Waals surface area contributed by atoms with Gasteiger partial charge in [0.1, 0.15) is 6.23 Å². The molecule has 3 N–H and O–H groups in total. The fourth-order valence-corrected chi connectivity index (χ4v) is 3.53. The third-order valence-corrected chi connectivity index (χ3v) is 5.07. The highest BCUT2D eigenvalue weighted by Crippen LogP contribution is 2.21. The maximum Gasteiger partial charge on any atom is 0.302 e. The number of hydrogen-bond acceptors (Lipinski definition) is 7. The summed E-state index contributed by atoms with van der Waals surface area (Å²) in [5, 5.41) is 18.2. The standard InChI is InChI=1S/C18H24N6O3/c1-12(25)23-6-3-13(4-7-23)10-24-11-14(8-20-24)27-18-21-16-9-19-5-2-15(16)17(26)22-18/h2,8-9,11-13,19,25H,3-7,10H2,1H3,(H,21,22,26). The number of aliphatic hydroxyl groups is 1. The van der Waals surface area contributed by atoms with Crippen molar-refractivity contribution in [3.63, 3.8) is 0 Å². The predicted octanol–water partition coefficient (Wildman–Crippen LogP) is -1.07. The minimum Gasteiger partial charge on any atom is -0.422 e. The number of nitrogens with zero attached hydrogens (tertiary/aromatic N) is 4. The van der Waals surface area contributed by atoms with Gasteiger partial charge < -0.3 is 15.2 Å². The molecule has 0 amide bonds. The van der Waals surface area contributed by atoms with E-state index in [9.17, 15) is 9.90 Å². The summed E-state index contributed by atoms with van der Waals surface area (Å²) in [4.78, 5) is 21.2. The summed E-state index contributed by atoms with van der Waals surface area (Å²) in [5.41, 5.74) is -0.218. The second kappa shape index (κ2) is 7.53. The zero-order valence-corrected chi connectivity index (χ0v) is 15.3. The van der Waals surface area contributed by atoms with E-state index in [1.807, 2.05) is 17.8 Å². The molecule has 27 heavy (non-hydrogen) atoms. The first-order valence-electron chi connectivity index (χ1n) is 9.25. The van der Waals surface area contributed by atoms with Gasteiger partial charge in [0, 0.05) is 32.4 Å². The van der Waals surface area contributed by atoms with Crippen LogP contribution in [0.1, 0.15) is 19.8 Å². The molecule has 1 unspecified atom stereocenters. The second-order valence-electron chi connectivity index (χ2n) is 7.04. The molecule has 9 nitrogen and oxygen atoms in total. The Kier molecular flexibility index (Phi) is 4.95. The SMILES string of the molecule is CC(O)N1CCC(Cn2cc(Oc3nc4c(c(=O)[nH]3)=CCNC=4)cn2)CC1. The lowest BCUT2D eigenvalue weighted by Gasteiger charge is -2.33. The lowest BCUT2D eigenvalue weighted by molar-refractivity contribution is -0.00509. The number of rotatable bonds is 5. The van der Waals surface area contributed by atoms with Crippen LogP contribution < -0.4 is 26.2 Å². The highest BCUT2D eigenvalue weighted by atomic mass is 16.5. The molecule has 0 radical (unpaired) electrons. The summed E-state index contributed by atoms with van der Waals surface area (Å²) in [5.74, 6) is 1.05. The molecule has 0 saturated carbocycles. The van der Waals surface area contributed by atoms with Crippen molar-refractivity contribution < 1.29 is 9.84 Å². The predicted molar refractivity (Wildman–Crippen MR) is 99.3 cm³/mol. The van der Waals surface area contributed by atoms with Crippen molar-refractivity contribution in [3.05, 3.63) is 33.3 Å². The highest BCUT2D eigenvalue weighted by Gasteiger charge is 2.22. The number of piperidine rings is 1. The Morgan fingerprint density at radius 1 is 1.41 bits per heavy atom. The van der Waals surface area contributed by atoms with Gasteiger partial charge in [-0.15, -0.1) is 0 Å². The first-order chi connectivity index (χ1) is 13.1. The molecular weight excluding hydrogens is 348 g/mol. The van der Waals surface area contributed by atoms with Crippen LogP contribution in [0.3, 0.4) is 0 Å². The number of fused-ring (bicyclic) bond motifs is 1. The van der Waals surface area contributed by atoms with Gasteiger partial charge >= 0.3 is 6.01 Å². The van der Waals surface area contributed by atoms with E-state index in [1.54, 1.807) is 18.5 Å². The molecule has 2 aromatic heterocycles.